The Morgan fingerprint density at radius 2 is 2.17 bits per heavy atom. The summed E-state index contributed by atoms with van der Waals surface area (Å²) in [4.78, 5) is 11.2. The van der Waals surface area contributed by atoms with E-state index in [2.05, 4.69) is 12.2 Å². The molecule has 0 bridgehead atoms. The van der Waals surface area contributed by atoms with Crippen LogP contribution >= 0.6 is 0 Å². The lowest BCUT2D eigenvalue weighted by Gasteiger charge is -2.34. The molecule has 1 aliphatic rings. The van der Waals surface area contributed by atoms with Crippen LogP contribution in [-0.4, -0.2) is 50.1 Å². The van der Waals surface area contributed by atoms with Crippen molar-refractivity contribution in [1.82, 2.24) is 5.32 Å². The van der Waals surface area contributed by atoms with Gasteiger partial charge in [0.05, 0.1) is 19.1 Å². The van der Waals surface area contributed by atoms with Crippen molar-refractivity contribution in [2.75, 3.05) is 32.9 Å². The lowest BCUT2D eigenvalue weighted by Crippen LogP contribution is -2.40. The molecule has 1 fully saturated rings. The highest BCUT2D eigenvalue weighted by molar-refractivity contribution is 5.69. The van der Waals surface area contributed by atoms with Crippen molar-refractivity contribution in [2.24, 2.45) is 5.41 Å². The van der Waals surface area contributed by atoms with Gasteiger partial charge < -0.3 is 19.9 Å². The minimum absolute atomic E-state index is 0.0562. The van der Waals surface area contributed by atoms with Gasteiger partial charge in [-0.15, -0.1) is 0 Å². The van der Waals surface area contributed by atoms with E-state index in [4.69, 9.17) is 9.47 Å². The molecule has 0 amide bonds. The Kier molecular flexibility index (Phi) is 6.60. The topological polar surface area (TPSA) is 67.8 Å². The van der Waals surface area contributed by atoms with Crippen LogP contribution in [0.2, 0.25) is 0 Å². The Morgan fingerprint density at radius 1 is 1.50 bits per heavy atom. The van der Waals surface area contributed by atoms with Gasteiger partial charge in [-0.05, 0) is 25.2 Å². The van der Waals surface area contributed by atoms with Crippen molar-refractivity contribution in [2.45, 2.75) is 39.2 Å². The molecular formula is C13H25NO4. The van der Waals surface area contributed by atoms with Crippen LogP contribution in [0.15, 0.2) is 0 Å². The smallest absolute Gasteiger partial charge is 0.308 e. The average molecular weight is 259 g/mol. The SMILES string of the molecule is CCOC(=O)CC(O)CNCC1(C)CCOCC1. The first-order valence-electron chi connectivity index (χ1n) is 6.68. The van der Waals surface area contributed by atoms with Gasteiger partial charge in [0.1, 0.15) is 0 Å². The molecule has 0 saturated carbocycles. The third-order valence-electron chi connectivity index (χ3n) is 3.34. The maximum absolute atomic E-state index is 11.2. The zero-order chi connectivity index (χ0) is 13.4. The van der Waals surface area contributed by atoms with E-state index in [1.807, 2.05) is 0 Å². The van der Waals surface area contributed by atoms with Gasteiger partial charge in [0.25, 0.3) is 0 Å². The van der Waals surface area contributed by atoms with Gasteiger partial charge in [-0.25, -0.2) is 0 Å². The van der Waals surface area contributed by atoms with Gasteiger partial charge in [-0.1, -0.05) is 6.92 Å². The molecule has 2 N–H and O–H groups in total. The fraction of sp³-hybridized carbons (Fsp3) is 0.923. The molecule has 0 radical (unpaired) electrons. The Labute approximate surface area is 109 Å². The van der Waals surface area contributed by atoms with Crippen LogP contribution in [0.1, 0.15) is 33.1 Å². The number of hydrogen-bond acceptors (Lipinski definition) is 5. The van der Waals surface area contributed by atoms with Crippen molar-refractivity contribution in [3.63, 3.8) is 0 Å². The first kappa shape index (κ1) is 15.4. The fourth-order valence-corrected chi connectivity index (χ4v) is 2.07. The van der Waals surface area contributed by atoms with Gasteiger partial charge in [0.15, 0.2) is 0 Å². The summed E-state index contributed by atoms with van der Waals surface area (Å²) in [5, 5.41) is 12.9. The molecular weight excluding hydrogens is 234 g/mol. The number of aliphatic hydroxyl groups is 1. The van der Waals surface area contributed by atoms with Crippen LogP contribution in [0.25, 0.3) is 0 Å². The predicted octanol–water partition coefficient (Wildman–Crippen LogP) is 0.707. The number of hydrogen-bond donors (Lipinski definition) is 2. The Hall–Kier alpha value is -0.650. The van der Waals surface area contributed by atoms with Gasteiger partial charge >= 0.3 is 5.97 Å². The number of carbonyl (C=O) groups excluding carboxylic acids is 1. The standard InChI is InChI=1S/C13H25NO4/c1-3-18-12(16)8-11(15)9-14-10-13(2)4-6-17-7-5-13/h11,14-15H,3-10H2,1-2H3. The molecule has 0 aliphatic carbocycles. The molecule has 0 aromatic carbocycles. The second-order valence-electron chi connectivity index (χ2n) is 5.22. The molecule has 0 spiro atoms. The van der Waals surface area contributed by atoms with E-state index in [0.717, 1.165) is 32.6 Å². The molecule has 1 unspecified atom stereocenters. The maximum Gasteiger partial charge on any atom is 0.308 e. The van der Waals surface area contributed by atoms with E-state index in [0.29, 0.717) is 13.2 Å². The summed E-state index contributed by atoms with van der Waals surface area (Å²) >= 11 is 0. The monoisotopic (exact) mass is 259 g/mol. The first-order valence-corrected chi connectivity index (χ1v) is 6.68. The van der Waals surface area contributed by atoms with Crippen LogP contribution < -0.4 is 5.32 Å². The molecule has 5 nitrogen and oxygen atoms in total. The molecule has 106 valence electrons. The average Bonchev–Trinajstić information content (AvgIpc) is 2.29. The highest BCUT2D eigenvalue weighted by atomic mass is 16.5. The summed E-state index contributed by atoms with van der Waals surface area (Å²) in [6, 6.07) is 0. The largest absolute Gasteiger partial charge is 0.466 e. The zero-order valence-corrected chi connectivity index (χ0v) is 11.4. The lowest BCUT2D eigenvalue weighted by atomic mass is 9.82. The van der Waals surface area contributed by atoms with Gasteiger partial charge in [0, 0.05) is 26.3 Å². The lowest BCUT2D eigenvalue weighted by molar-refractivity contribution is -0.145. The fourth-order valence-electron chi connectivity index (χ4n) is 2.07. The molecule has 18 heavy (non-hydrogen) atoms. The summed E-state index contributed by atoms with van der Waals surface area (Å²) in [5.41, 5.74) is 0.238. The highest BCUT2D eigenvalue weighted by Gasteiger charge is 2.27. The molecule has 5 heteroatoms. The normalized spacial score (nSPS) is 20.4. The van der Waals surface area contributed by atoms with Crippen LogP contribution in [0.4, 0.5) is 0 Å². The van der Waals surface area contributed by atoms with Crippen LogP contribution in [0, 0.1) is 5.41 Å². The molecule has 1 saturated heterocycles. The third kappa shape index (κ3) is 5.80. The second-order valence-corrected chi connectivity index (χ2v) is 5.22. The van der Waals surface area contributed by atoms with E-state index in [-0.39, 0.29) is 17.8 Å². The number of esters is 1. The van der Waals surface area contributed by atoms with E-state index in [9.17, 15) is 9.90 Å². The van der Waals surface area contributed by atoms with E-state index in [1.54, 1.807) is 6.92 Å². The van der Waals surface area contributed by atoms with Gasteiger partial charge in [0.2, 0.25) is 0 Å². The minimum Gasteiger partial charge on any atom is -0.466 e. The highest BCUT2D eigenvalue weighted by Crippen LogP contribution is 2.28. The minimum atomic E-state index is -0.674. The van der Waals surface area contributed by atoms with Crippen molar-refractivity contribution >= 4 is 5.97 Å². The summed E-state index contributed by atoms with van der Waals surface area (Å²) < 4.78 is 10.1. The molecule has 1 rings (SSSR count). The Balaban J connectivity index is 2.14. The number of rotatable bonds is 7. The predicted molar refractivity (Wildman–Crippen MR) is 68.3 cm³/mol. The molecule has 1 heterocycles. The van der Waals surface area contributed by atoms with Crippen LogP contribution in [0.5, 0.6) is 0 Å². The van der Waals surface area contributed by atoms with Crippen molar-refractivity contribution in [3.8, 4) is 0 Å². The maximum atomic E-state index is 11.2. The Morgan fingerprint density at radius 3 is 2.78 bits per heavy atom. The second kappa shape index (κ2) is 7.71. The summed E-state index contributed by atoms with van der Waals surface area (Å²) in [7, 11) is 0. The van der Waals surface area contributed by atoms with E-state index < -0.39 is 6.10 Å². The van der Waals surface area contributed by atoms with E-state index in [1.165, 1.54) is 0 Å². The van der Waals surface area contributed by atoms with Crippen molar-refractivity contribution in [1.29, 1.82) is 0 Å². The number of ether oxygens (including phenoxy) is 2. The Bertz CT molecular complexity index is 251. The van der Waals surface area contributed by atoms with Gasteiger partial charge in [-0.2, -0.15) is 0 Å². The third-order valence-corrected chi connectivity index (χ3v) is 3.34. The zero-order valence-electron chi connectivity index (χ0n) is 11.4. The van der Waals surface area contributed by atoms with Crippen molar-refractivity contribution < 1.29 is 19.4 Å². The quantitative estimate of drug-likeness (QED) is 0.659. The van der Waals surface area contributed by atoms with Crippen LogP contribution in [0.3, 0.4) is 0 Å². The number of nitrogens with one attached hydrogen (secondary N) is 1. The summed E-state index contributed by atoms with van der Waals surface area (Å²) in [5.74, 6) is -0.343. The first-order chi connectivity index (χ1) is 8.56. The molecule has 1 aliphatic heterocycles. The van der Waals surface area contributed by atoms with Crippen LogP contribution in [-0.2, 0) is 14.3 Å². The molecule has 1 atom stereocenters. The molecule has 0 aromatic heterocycles. The van der Waals surface area contributed by atoms with Gasteiger partial charge in [-0.3, -0.25) is 4.79 Å². The van der Waals surface area contributed by atoms with E-state index >= 15 is 0 Å². The van der Waals surface area contributed by atoms with Crippen molar-refractivity contribution in [3.05, 3.63) is 0 Å². The summed E-state index contributed by atoms with van der Waals surface area (Å²) in [6.07, 6.45) is 1.45. The molecule has 0 aromatic rings. The number of carbonyl (C=O) groups is 1. The summed E-state index contributed by atoms with van der Waals surface area (Å²) in [6.45, 7) is 7.23. The number of aliphatic hydroxyl groups excluding tert-OH is 1.